The summed E-state index contributed by atoms with van der Waals surface area (Å²) in [6, 6.07) is 4.40. The number of ether oxygens (including phenoxy) is 1. The van der Waals surface area contributed by atoms with E-state index in [1.165, 1.54) is 6.07 Å². The van der Waals surface area contributed by atoms with Gasteiger partial charge in [-0.2, -0.15) is 8.78 Å². The monoisotopic (exact) mass is 434 g/mol. The van der Waals surface area contributed by atoms with Crippen LogP contribution in [-0.4, -0.2) is 59.0 Å². The van der Waals surface area contributed by atoms with Crippen LogP contribution in [0.1, 0.15) is 35.0 Å². The number of carbonyl (C=O) groups excluding carboxylic acids is 1. The lowest BCUT2D eigenvalue weighted by Crippen LogP contribution is -2.59. The zero-order valence-corrected chi connectivity index (χ0v) is 16.7. The highest BCUT2D eigenvalue weighted by molar-refractivity contribution is 5.98. The van der Waals surface area contributed by atoms with Crippen molar-refractivity contribution in [2.75, 3.05) is 24.7 Å². The van der Waals surface area contributed by atoms with Gasteiger partial charge in [-0.15, -0.1) is 0 Å². The van der Waals surface area contributed by atoms with Gasteiger partial charge in [-0.25, -0.2) is 14.4 Å². The Kier molecular flexibility index (Phi) is 4.58. The van der Waals surface area contributed by atoms with Crippen LogP contribution in [0.4, 0.5) is 19.1 Å². The Balaban J connectivity index is 1.63. The Morgan fingerprint density at radius 1 is 1.35 bits per heavy atom. The van der Waals surface area contributed by atoms with Gasteiger partial charge < -0.3 is 20.1 Å². The lowest BCUT2D eigenvalue weighted by atomic mass is 10.0. The summed E-state index contributed by atoms with van der Waals surface area (Å²) in [7, 11) is 0. The quantitative estimate of drug-likeness (QED) is 0.771. The van der Waals surface area contributed by atoms with Gasteiger partial charge in [-0.1, -0.05) is 6.07 Å². The number of fused-ring (bicyclic) bond motifs is 2. The van der Waals surface area contributed by atoms with Crippen LogP contribution in [0.2, 0.25) is 0 Å². The molecular weight excluding hydrogens is 413 g/mol. The van der Waals surface area contributed by atoms with Gasteiger partial charge >= 0.3 is 0 Å². The standard InChI is InChI=1S/C21H21F3N4O3/c1-10-15(29)9-28(10)20-26-17(14-4-5-21(23,24)18(14)27-20)11-2-3-13-16(6-11)31-12(7-22)8-25-19(13)30/h2-3,6,10,12,15,29H,4-5,7-9H2,1H3,(H,25,30)/t10-,12-,15+/m0/s1. The number of benzene rings is 1. The van der Waals surface area contributed by atoms with Crippen LogP contribution < -0.4 is 15.0 Å². The van der Waals surface area contributed by atoms with Crippen molar-refractivity contribution in [3.05, 3.63) is 35.0 Å². The van der Waals surface area contributed by atoms with Gasteiger partial charge in [0.25, 0.3) is 11.8 Å². The third-order valence-corrected chi connectivity index (χ3v) is 6.18. The van der Waals surface area contributed by atoms with E-state index in [1.807, 2.05) is 0 Å². The molecule has 164 valence electrons. The largest absolute Gasteiger partial charge is 0.485 e. The number of β-amino-alcohol motifs (C(OH)–C–C–N with tert-alkyl or cyclic N) is 1. The molecule has 10 heteroatoms. The summed E-state index contributed by atoms with van der Waals surface area (Å²) in [5.74, 6) is -3.15. The van der Waals surface area contributed by atoms with Crippen molar-refractivity contribution in [1.82, 2.24) is 15.3 Å². The summed E-state index contributed by atoms with van der Waals surface area (Å²) in [4.78, 5) is 22.7. The fourth-order valence-corrected chi connectivity index (χ4v) is 4.20. The van der Waals surface area contributed by atoms with Crippen LogP contribution in [0.25, 0.3) is 11.3 Å². The van der Waals surface area contributed by atoms with Gasteiger partial charge in [0.1, 0.15) is 24.2 Å². The SMILES string of the molecule is C[C@H]1[C@H](O)CN1c1nc(-c2ccc3c(c2)O[C@@H](CF)CNC3=O)c2c(n1)C(F)(F)CC2. The molecule has 1 fully saturated rings. The molecule has 0 bridgehead atoms. The number of nitrogens with one attached hydrogen (secondary N) is 1. The zero-order chi connectivity index (χ0) is 21.9. The van der Waals surface area contributed by atoms with Crippen molar-refractivity contribution < 1.29 is 27.8 Å². The van der Waals surface area contributed by atoms with Crippen molar-refractivity contribution in [2.45, 2.75) is 43.9 Å². The normalized spacial score (nSPS) is 26.3. The molecule has 1 saturated heterocycles. The second kappa shape index (κ2) is 7.08. The van der Waals surface area contributed by atoms with Crippen molar-refractivity contribution >= 4 is 11.9 Å². The predicted molar refractivity (Wildman–Crippen MR) is 105 cm³/mol. The van der Waals surface area contributed by atoms with Gasteiger partial charge in [-0.3, -0.25) is 4.79 Å². The van der Waals surface area contributed by atoms with Gasteiger partial charge in [0.15, 0.2) is 0 Å². The van der Waals surface area contributed by atoms with Crippen LogP contribution in [0.3, 0.4) is 0 Å². The summed E-state index contributed by atoms with van der Waals surface area (Å²) in [5.41, 5.74) is 1.10. The van der Waals surface area contributed by atoms with E-state index < -0.39 is 24.8 Å². The smallest absolute Gasteiger partial charge is 0.290 e. The first-order valence-electron chi connectivity index (χ1n) is 10.2. The van der Waals surface area contributed by atoms with E-state index in [0.29, 0.717) is 16.8 Å². The fourth-order valence-electron chi connectivity index (χ4n) is 4.20. The van der Waals surface area contributed by atoms with Gasteiger partial charge in [-0.05, 0) is 25.5 Å². The van der Waals surface area contributed by atoms with Crippen LogP contribution in [0.5, 0.6) is 5.75 Å². The molecule has 5 rings (SSSR count). The molecule has 1 aliphatic carbocycles. The van der Waals surface area contributed by atoms with E-state index in [0.717, 1.165) is 0 Å². The number of anilines is 1. The molecule has 0 saturated carbocycles. The van der Waals surface area contributed by atoms with E-state index in [2.05, 4.69) is 15.3 Å². The van der Waals surface area contributed by atoms with Crippen LogP contribution in [0.15, 0.2) is 18.2 Å². The molecule has 0 radical (unpaired) electrons. The summed E-state index contributed by atoms with van der Waals surface area (Å²) in [6.07, 6.45) is -1.65. The number of aromatic nitrogens is 2. The molecule has 31 heavy (non-hydrogen) atoms. The number of rotatable bonds is 3. The molecule has 3 atom stereocenters. The number of hydrogen-bond acceptors (Lipinski definition) is 6. The highest BCUT2D eigenvalue weighted by Crippen LogP contribution is 2.45. The molecule has 2 N–H and O–H groups in total. The predicted octanol–water partition coefficient (Wildman–Crippen LogP) is 2.21. The average molecular weight is 434 g/mol. The lowest BCUT2D eigenvalue weighted by Gasteiger charge is -2.43. The Hall–Kier alpha value is -2.88. The highest BCUT2D eigenvalue weighted by Gasteiger charge is 2.45. The molecule has 2 aromatic rings. The maximum Gasteiger partial charge on any atom is 0.290 e. The van der Waals surface area contributed by atoms with Crippen LogP contribution in [0, 0.1) is 0 Å². The number of carbonyl (C=O) groups is 1. The van der Waals surface area contributed by atoms with E-state index in [-0.39, 0.29) is 60.8 Å². The number of hydrogen-bond donors (Lipinski definition) is 2. The molecule has 3 aliphatic rings. The number of nitrogens with zero attached hydrogens (tertiary/aromatic N) is 3. The minimum atomic E-state index is -3.07. The van der Waals surface area contributed by atoms with Gasteiger partial charge in [0.05, 0.1) is 29.9 Å². The van der Waals surface area contributed by atoms with Crippen molar-refractivity contribution in [2.24, 2.45) is 0 Å². The summed E-state index contributed by atoms with van der Waals surface area (Å²) < 4.78 is 48.0. The van der Waals surface area contributed by atoms with Crippen LogP contribution >= 0.6 is 0 Å². The first-order valence-corrected chi connectivity index (χ1v) is 10.2. The van der Waals surface area contributed by atoms with E-state index >= 15 is 0 Å². The Morgan fingerprint density at radius 2 is 2.16 bits per heavy atom. The molecular formula is C21H21F3N4O3. The van der Waals surface area contributed by atoms with E-state index in [4.69, 9.17) is 4.74 Å². The number of aliphatic hydroxyl groups is 1. The zero-order valence-electron chi connectivity index (χ0n) is 16.7. The average Bonchev–Trinajstić information content (AvgIpc) is 2.97. The summed E-state index contributed by atoms with van der Waals surface area (Å²) in [5, 5.41) is 12.4. The Bertz CT molecular complexity index is 1060. The molecule has 0 spiro atoms. The molecule has 1 amide bonds. The highest BCUT2D eigenvalue weighted by atomic mass is 19.3. The molecule has 7 nitrogen and oxygen atoms in total. The molecule has 1 aromatic carbocycles. The third-order valence-electron chi connectivity index (χ3n) is 6.18. The van der Waals surface area contributed by atoms with Crippen molar-refractivity contribution in [3.63, 3.8) is 0 Å². The Labute approximate surface area is 176 Å². The summed E-state index contributed by atoms with van der Waals surface area (Å²) in [6.45, 7) is 1.29. The minimum absolute atomic E-state index is 0.0355. The van der Waals surface area contributed by atoms with E-state index in [9.17, 15) is 23.1 Å². The number of alkyl halides is 3. The first kappa shape index (κ1) is 20.0. The molecule has 3 heterocycles. The fraction of sp³-hybridized carbons (Fsp3) is 0.476. The molecule has 1 aromatic heterocycles. The maximum absolute atomic E-state index is 14.6. The number of amides is 1. The number of aliphatic hydroxyl groups excluding tert-OH is 1. The first-order chi connectivity index (χ1) is 14.8. The van der Waals surface area contributed by atoms with Gasteiger partial charge in [0, 0.05) is 24.1 Å². The lowest BCUT2D eigenvalue weighted by molar-refractivity contribution is -0.00603. The minimum Gasteiger partial charge on any atom is -0.485 e. The summed E-state index contributed by atoms with van der Waals surface area (Å²) >= 11 is 0. The number of halogens is 3. The van der Waals surface area contributed by atoms with Crippen LogP contribution in [-0.2, 0) is 12.3 Å². The van der Waals surface area contributed by atoms with E-state index in [1.54, 1.807) is 24.0 Å². The second-order valence-electron chi connectivity index (χ2n) is 8.18. The molecule has 2 aliphatic heterocycles. The van der Waals surface area contributed by atoms with Gasteiger partial charge in [0.2, 0.25) is 5.95 Å². The topological polar surface area (TPSA) is 87.6 Å². The third kappa shape index (κ3) is 3.20. The Morgan fingerprint density at radius 3 is 2.87 bits per heavy atom. The molecule has 0 unspecified atom stereocenters. The second-order valence-corrected chi connectivity index (χ2v) is 8.18. The van der Waals surface area contributed by atoms with Crippen molar-refractivity contribution in [1.29, 1.82) is 0 Å². The van der Waals surface area contributed by atoms with Crippen molar-refractivity contribution in [3.8, 4) is 17.0 Å². The maximum atomic E-state index is 14.6.